The summed E-state index contributed by atoms with van der Waals surface area (Å²) in [7, 11) is 0. The zero-order valence-corrected chi connectivity index (χ0v) is 28.4. The van der Waals surface area contributed by atoms with E-state index >= 15 is 0 Å². The zero-order valence-electron chi connectivity index (χ0n) is 28.4. The maximum absolute atomic E-state index is 14.3. The Hall–Kier alpha value is -5.51. The highest BCUT2D eigenvalue weighted by molar-refractivity contribution is 6.09. The number of nitrogens with two attached hydrogens (primary N) is 1. The molecule has 0 saturated carbocycles. The molecule has 1 aliphatic heterocycles. The molecule has 5 rings (SSSR count). The SMILES string of the molecule is CCOC(=O)CC(NC(=O)CN1C(=O)N(Cc2ccc3ccccc3c2)C(C)(c2ccc(C(=N)N)cc2)C1=O)c1ccc(CC(C)C)cc1. The number of benzene rings is 4. The molecule has 1 heterocycles. The molecule has 0 aliphatic carbocycles. The molecular weight excluding hydrogens is 618 g/mol. The van der Waals surface area contributed by atoms with E-state index in [-0.39, 0.29) is 25.4 Å². The van der Waals surface area contributed by atoms with Crippen molar-refractivity contribution in [3.63, 3.8) is 0 Å². The summed E-state index contributed by atoms with van der Waals surface area (Å²) in [6.07, 6.45) is 0.777. The third-order valence-electron chi connectivity index (χ3n) is 8.91. The summed E-state index contributed by atoms with van der Waals surface area (Å²) in [5.74, 6) is -1.29. The number of imide groups is 1. The summed E-state index contributed by atoms with van der Waals surface area (Å²) in [5.41, 5.74) is 7.86. The number of urea groups is 1. The average molecular weight is 662 g/mol. The highest BCUT2D eigenvalue weighted by Crippen LogP contribution is 2.39. The van der Waals surface area contributed by atoms with E-state index in [1.807, 2.05) is 66.7 Å². The number of nitrogens with one attached hydrogen (secondary N) is 2. The molecule has 4 N–H and O–H groups in total. The molecule has 254 valence electrons. The van der Waals surface area contributed by atoms with Crippen molar-refractivity contribution in [2.75, 3.05) is 13.2 Å². The third-order valence-corrected chi connectivity index (χ3v) is 8.91. The standard InChI is InChI=1S/C39H43N5O5/c1-5-49-35(46)22-33(29-14-10-26(11-15-29)20-25(2)3)42-34(45)24-43-37(47)39(4,32-18-16-30(17-19-32)36(40)41)44(38(43)48)23-27-12-13-28-8-6-7-9-31(28)21-27/h6-19,21,25,33H,5,20,22-24H2,1-4H3,(H3,40,41)(H,42,45). The average Bonchev–Trinajstić information content (AvgIpc) is 3.25. The number of carbonyl (C=O) groups is 4. The number of amides is 4. The second-order valence-electron chi connectivity index (χ2n) is 13.0. The highest BCUT2D eigenvalue weighted by atomic mass is 16.5. The van der Waals surface area contributed by atoms with E-state index in [0.717, 1.165) is 33.2 Å². The molecule has 1 saturated heterocycles. The van der Waals surface area contributed by atoms with Crippen LogP contribution in [0.1, 0.15) is 68.0 Å². The predicted octanol–water partition coefficient (Wildman–Crippen LogP) is 5.81. The zero-order chi connectivity index (χ0) is 35.3. The maximum Gasteiger partial charge on any atom is 0.328 e. The Morgan fingerprint density at radius 1 is 0.918 bits per heavy atom. The second kappa shape index (κ2) is 14.7. The fourth-order valence-corrected chi connectivity index (χ4v) is 6.32. The van der Waals surface area contributed by atoms with Crippen LogP contribution in [0, 0.1) is 11.3 Å². The fourth-order valence-electron chi connectivity index (χ4n) is 6.32. The van der Waals surface area contributed by atoms with Crippen molar-refractivity contribution in [3.8, 4) is 0 Å². The maximum atomic E-state index is 14.3. The summed E-state index contributed by atoms with van der Waals surface area (Å²) < 4.78 is 5.18. The van der Waals surface area contributed by atoms with Crippen LogP contribution >= 0.6 is 0 Å². The monoisotopic (exact) mass is 661 g/mol. The predicted molar refractivity (Wildman–Crippen MR) is 189 cm³/mol. The molecule has 0 radical (unpaired) electrons. The molecule has 10 heteroatoms. The van der Waals surface area contributed by atoms with Gasteiger partial charge in [-0.1, -0.05) is 98.8 Å². The highest BCUT2D eigenvalue weighted by Gasteiger charge is 2.55. The molecule has 0 aromatic heterocycles. The molecule has 49 heavy (non-hydrogen) atoms. The van der Waals surface area contributed by atoms with E-state index < -0.39 is 41.9 Å². The van der Waals surface area contributed by atoms with Gasteiger partial charge in [-0.3, -0.25) is 24.7 Å². The lowest BCUT2D eigenvalue weighted by molar-refractivity contribution is -0.144. The molecule has 1 fully saturated rings. The minimum atomic E-state index is -1.46. The molecule has 0 spiro atoms. The Labute approximate surface area is 286 Å². The van der Waals surface area contributed by atoms with Gasteiger partial charge in [-0.15, -0.1) is 0 Å². The molecule has 4 amide bonds. The summed E-state index contributed by atoms with van der Waals surface area (Å²) >= 11 is 0. The van der Waals surface area contributed by atoms with Gasteiger partial charge in [0.15, 0.2) is 0 Å². The first-order chi connectivity index (χ1) is 23.4. The van der Waals surface area contributed by atoms with Gasteiger partial charge in [-0.05, 0) is 65.3 Å². The third kappa shape index (κ3) is 7.64. The molecule has 0 bridgehead atoms. The van der Waals surface area contributed by atoms with Crippen molar-refractivity contribution in [2.45, 2.75) is 58.7 Å². The van der Waals surface area contributed by atoms with Gasteiger partial charge in [0.1, 0.15) is 17.9 Å². The van der Waals surface area contributed by atoms with Crippen molar-refractivity contribution in [2.24, 2.45) is 11.7 Å². The van der Waals surface area contributed by atoms with Crippen molar-refractivity contribution < 1.29 is 23.9 Å². The van der Waals surface area contributed by atoms with Gasteiger partial charge in [0.2, 0.25) is 5.91 Å². The molecule has 4 aromatic rings. The quantitative estimate of drug-likeness (QED) is 0.0713. The largest absolute Gasteiger partial charge is 0.466 e. The van der Waals surface area contributed by atoms with Crippen LogP contribution in [0.5, 0.6) is 0 Å². The lowest BCUT2D eigenvalue weighted by Gasteiger charge is -2.32. The summed E-state index contributed by atoms with van der Waals surface area (Å²) in [5, 5.41) is 12.7. The Kier molecular flexibility index (Phi) is 10.5. The number of hydrogen-bond donors (Lipinski definition) is 3. The van der Waals surface area contributed by atoms with Gasteiger partial charge in [0.05, 0.1) is 19.1 Å². The number of ether oxygens (including phenoxy) is 1. The number of esters is 1. The van der Waals surface area contributed by atoms with Crippen molar-refractivity contribution in [3.05, 3.63) is 119 Å². The number of rotatable bonds is 13. The molecule has 4 aromatic carbocycles. The van der Waals surface area contributed by atoms with E-state index in [2.05, 4.69) is 19.2 Å². The van der Waals surface area contributed by atoms with Crippen LogP contribution in [-0.2, 0) is 37.6 Å². The molecule has 1 aliphatic rings. The minimum Gasteiger partial charge on any atom is -0.466 e. The first-order valence-electron chi connectivity index (χ1n) is 16.5. The number of hydrogen-bond acceptors (Lipinski definition) is 6. The number of nitrogen functional groups attached to an aromatic ring is 1. The van der Waals surface area contributed by atoms with Gasteiger partial charge >= 0.3 is 12.0 Å². The first kappa shape index (κ1) is 34.8. The Balaban J connectivity index is 1.43. The number of carbonyl (C=O) groups excluding carboxylic acids is 4. The van der Waals surface area contributed by atoms with Crippen molar-refractivity contribution >= 4 is 40.4 Å². The van der Waals surface area contributed by atoms with Crippen LogP contribution in [0.4, 0.5) is 4.79 Å². The van der Waals surface area contributed by atoms with E-state index in [9.17, 15) is 19.2 Å². The van der Waals surface area contributed by atoms with Crippen LogP contribution in [0.15, 0.2) is 91.0 Å². The fraction of sp³-hybridized carbons (Fsp3) is 0.308. The molecular formula is C39H43N5O5. The van der Waals surface area contributed by atoms with Crippen LogP contribution in [-0.4, -0.2) is 52.6 Å². The molecule has 10 nitrogen and oxygen atoms in total. The van der Waals surface area contributed by atoms with Gasteiger partial charge in [-0.25, -0.2) is 4.79 Å². The normalized spacial score (nSPS) is 16.7. The van der Waals surface area contributed by atoms with Crippen LogP contribution in [0.3, 0.4) is 0 Å². The molecule has 2 unspecified atom stereocenters. The van der Waals surface area contributed by atoms with E-state index in [0.29, 0.717) is 22.6 Å². The number of fused-ring (bicyclic) bond motifs is 1. The van der Waals surface area contributed by atoms with Gasteiger partial charge in [0.25, 0.3) is 5.91 Å². The summed E-state index contributed by atoms with van der Waals surface area (Å²) in [6, 6.07) is 26.7. The van der Waals surface area contributed by atoms with Crippen LogP contribution in [0.25, 0.3) is 10.8 Å². The van der Waals surface area contributed by atoms with E-state index in [1.165, 1.54) is 4.90 Å². The Morgan fingerprint density at radius 3 is 2.20 bits per heavy atom. The summed E-state index contributed by atoms with van der Waals surface area (Å²) in [6.45, 7) is 7.40. The van der Waals surface area contributed by atoms with Gasteiger partial charge in [0, 0.05) is 12.1 Å². The second-order valence-corrected chi connectivity index (χ2v) is 13.0. The lowest BCUT2D eigenvalue weighted by atomic mass is 9.89. The van der Waals surface area contributed by atoms with Crippen LogP contribution in [0.2, 0.25) is 0 Å². The topological polar surface area (TPSA) is 146 Å². The molecule has 2 atom stereocenters. The Bertz CT molecular complexity index is 1870. The lowest BCUT2D eigenvalue weighted by Crippen LogP contribution is -2.44. The smallest absolute Gasteiger partial charge is 0.328 e. The van der Waals surface area contributed by atoms with Crippen molar-refractivity contribution in [1.29, 1.82) is 5.41 Å². The minimum absolute atomic E-state index is 0.104. The first-order valence-corrected chi connectivity index (χ1v) is 16.5. The van der Waals surface area contributed by atoms with Crippen LogP contribution < -0.4 is 11.1 Å². The summed E-state index contributed by atoms with van der Waals surface area (Å²) in [4.78, 5) is 57.1. The van der Waals surface area contributed by atoms with Crippen molar-refractivity contribution in [1.82, 2.24) is 15.1 Å². The van der Waals surface area contributed by atoms with Gasteiger partial charge < -0.3 is 20.7 Å². The number of amidine groups is 1. The number of nitrogens with zero attached hydrogens (tertiary/aromatic N) is 2. The van der Waals surface area contributed by atoms with Gasteiger partial charge in [-0.2, -0.15) is 0 Å². The Morgan fingerprint density at radius 2 is 1.57 bits per heavy atom. The van der Waals surface area contributed by atoms with E-state index in [1.54, 1.807) is 38.1 Å². The van der Waals surface area contributed by atoms with E-state index in [4.69, 9.17) is 15.9 Å².